The van der Waals surface area contributed by atoms with Gasteiger partial charge in [-0.3, -0.25) is 48.7 Å². The zero-order valence-electron chi connectivity index (χ0n) is 31.7. The first kappa shape index (κ1) is 49.8. The second-order valence-electron chi connectivity index (χ2n) is 12.2. The van der Waals surface area contributed by atoms with Crippen LogP contribution in [0.4, 0.5) is 0 Å². The number of carbonyl (C=O) groups excluding carboxylic acids is 6. The molecule has 0 radical (unpaired) electrons. The number of primary amides is 1. The topological polar surface area (TPSA) is 478 Å². The predicted octanol–water partition coefficient (Wildman–Crippen LogP) is -8.68. The van der Waals surface area contributed by atoms with Gasteiger partial charge in [-0.15, -0.1) is 0 Å². The molecule has 0 fully saturated rings. The molecule has 5 atom stereocenters. The molecule has 0 heterocycles. The highest BCUT2D eigenvalue weighted by molar-refractivity contribution is 5.96. The van der Waals surface area contributed by atoms with Gasteiger partial charge < -0.3 is 88.6 Å². The quantitative estimate of drug-likeness (QED) is 0.0190. The molecular weight excluding hydrogens is 738 g/mol. The normalized spacial score (nSPS) is 13.2. The number of rotatable bonds is 29. The standard InChI is InChI=1S/C30H61N19O7/c1-40-20(15-50)26(56)49-19(9-5-13-44-30(38)39)25(55)48-18(8-4-12-43-29(36)37)24(54)47-17(7-3-11-42-28(34)35)23(53)46-16(6-2-10-41-27(32)33)22(52)45-14-21(31)51/h16-20,40,50H,2-15H2,1H3,(H2,31,51)(H,45,52)(H,46,53)(H,47,54)(H,48,55)(H,49,56)(H4,32,33,41)(H4,34,35,42)(H4,36,37,43)(H4,38,39,44)/t16?,17-,18?,19-,20?/m0/s1. The number of hydrogen-bond donors (Lipinski definition) is 16. The van der Waals surface area contributed by atoms with Crippen LogP contribution in [0.1, 0.15) is 51.4 Å². The van der Waals surface area contributed by atoms with Crippen molar-refractivity contribution < 1.29 is 33.9 Å². The van der Waals surface area contributed by atoms with Crippen LogP contribution in [0.5, 0.6) is 0 Å². The summed E-state index contributed by atoms with van der Waals surface area (Å²) in [6.07, 6.45) is 0.801. The number of guanidine groups is 4. The minimum absolute atomic E-state index is 0.0201. The van der Waals surface area contributed by atoms with E-state index in [4.69, 9.17) is 51.6 Å². The van der Waals surface area contributed by atoms with Crippen LogP contribution in [-0.4, -0.2) is 141 Å². The van der Waals surface area contributed by atoms with Gasteiger partial charge in [-0.2, -0.15) is 0 Å². The SMILES string of the molecule is CNC(CO)C(=O)N[C@@H](CCCN=C(N)N)C(=O)NC(CCCN=C(N)N)C(=O)N[C@@H](CCCN=C(N)N)C(=O)NC(CCCN=C(N)N)C(=O)NCC(N)=O. The monoisotopic (exact) mass is 800 g/mol. The first-order valence-electron chi connectivity index (χ1n) is 17.7. The van der Waals surface area contributed by atoms with Crippen molar-refractivity contribution in [2.45, 2.75) is 81.6 Å². The Hall–Kier alpha value is -6.18. The average molecular weight is 800 g/mol. The zero-order valence-corrected chi connectivity index (χ0v) is 31.7. The summed E-state index contributed by atoms with van der Waals surface area (Å²) in [7, 11) is 1.44. The molecule has 0 spiro atoms. The zero-order chi connectivity index (χ0) is 42.6. The molecule has 0 aromatic heterocycles. The van der Waals surface area contributed by atoms with Crippen molar-refractivity contribution in [1.82, 2.24) is 31.9 Å². The minimum Gasteiger partial charge on any atom is -0.394 e. The smallest absolute Gasteiger partial charge is 0.243 e. The first-order valence-corrected chi connectivity index (χ1v) is 17.7. The molecule has 0 aliphatic rings. The molecule has 26 nitrogen and oxygen atoms in total. The Morgan fingerprint density at radius 2 is 0.732 bits per heavy atom. The van der Waals surface area contributed by atoms with E-state index in [1.54, 1.807) is 0 Å². The van der Waals surface area contributed by atoms with E-state index >= 15 is 0 Å². The van der Waals surface area contributed by atoms with Gasteiger partial charge in [0.05, 0.1) is 13.2 Å². The highest BCUT2D eigenvalue weighted by atomic mass is 16.3. The third-order valence-corrected chi connectivity index (χ3v) is 7.60. The van der Waals surface area contributed by atoms with E-state index < -0.39 is 78.8 Å². The molecule has 0 bridgehead atoms. The molecule has 26 heteroatoms. The molecule has 25 N–H and O–H groups in total. The molecule has 0 aliphatic heterocycles. The summed E-state index contributed by atoms with van der Waals surface area (Å²) in [5, 5.41) is 24.9. The first-order chi connectivity index (χ1) is 26.4. The van der Waals surface area contributed by atoms with Crippen molar-refractivity contribution in [1.29, 1.82) is 0 Å². The fourth-order valence-electron chi connectivity index (χ4n) is 4.78. The lowest BCUT2D eigenvalue weighted by Crippen LogP contribution is -2.59. The van der Waals surface area contributed by atoms with Crippen molar-refractivity contribution >= 4 is 59.3 Å². The number of amides is 6. The number of aliphatic hydroxyl groups excluding tert-OH is 1. The summed E-state index contributed by atoms with van der Waals surface area (Å²) in [6.45, 7) is -0.702. The van der Waals surface area contributed by atoms with Crippen LogP contribution in [0.15, 0.2) is 20.0 Å². The van der Waals surface area contributed by atoms with Crippen LogP contribution < -0.4 is 83.5 Å². The fraction of sp³-hybridized carbons (Fsp3) is 0.667. The Bertz CT molecular complexity index is 1390. The Morgan fingerprint density at radius 3 is 0.964 bits per heavy atom. The predicted molar refractivity (Wildman–Crippen MR) is 210 cm³/mol. The van der Waals surface area contributed by atoms with Crippen molar-refractivity contribution in [3.63, 3.8) is 0 Å². The maximum absolute atomic E-state index is 13.9. The third-order valence-electron chi connectivity index (χ3n) is 7.60. The lowest BCUT2D eigenvalue weighted by atomic mass is 10.0. The molecule has 0 saturated carbocycles. The van der Waals surface area contributed by atoms with Crippen molar-refractivity contribution in [3.8, 4) is 0 Å². The summed E-state index contributed by atoms with van der Waals surface area (Å²) in [5.74, 6) is -5.43. The number of carbonyl (C=O) groups is 6. The molecule has 0 aliphatic carbocycles. The minimum atomic E-state index is -1.31. The second-order valence-corrected chi connectivity index (χ2v) is 12.2. The van der Waals surface area contributed by atoms with Gasteiger partial charge in [0.1, 0.15) is 30.2 Å². The number of nitrogens with zero attached hydrogens (tertiary/aromatic N) is 4. The summed E-state index contributed by atoms with van der Waals surface area (Å²) in [5.41, 5.74) is 48.4. The number of aliphatic hydroxyl groups is 1. The van der Waals surface area contributed by atoms with E-state index in [2.05, 4.69) is 51.9 Å². The van der Waals surface area contributed by atoms with Crippen LogP contribution in [0.25, 0.3) is 0 Å². The lowest BCUT2D eigenvalue weighted by Gasteiger charge is -2.27. The summed E-state index contributed by atoms with van der Waals surface area (Å²) < 4.78 is 0. The molecule has 56 heavy (non-hydrogen) atoms. The van der Waals surface area contributed by atoms with Gasteiger partial charge in [0.25, 0.3) is 0 Å². The molecule has 3 unspecified atom stereocenters. The van der Waals surface area contributed by atoms with Crippen molar-refractivity contribution in [3.05, 3.63) is 0 Å². The van der Waals surface area contributed by atoms with E-state index in [9.17, 15) is 33.9 Å². The Balaban J connectivity index is 6.53. The molecule has 0 aromatic carbocycles. The van der Waals surface area contributed by atoms with Crippen LogP contribution in [0, 0.1) is 0 Å². The lowest BCUT2D eigenvalue weighted by molar-refractivity contribution is -0.135. The second kappa shape index (κ2) is 28.3. The fourth-order valence-corrected chi connectivity index (χ4v) is 4.78. The van der Waals surface area contributed by atoms with Crippen LogP contribution in [0.2, 0.25) is 0 Å². The van der Waals surface area contributed by atoms with E-state index in [1.807, 2.05) is 0 Å². The van der Waals surface area contributed by atoms with Gasteiger partial charge in [-0.25, -0.2) is 0 Å². The van der Waals surface area contributed by atoms with Gasteiger partial charge in [-0.05, 0) is 58.4 Å². The van der Waals surface area contributed by atoms with Crippen LogP contribution >= 0.6 is 0 Å². The highest BCUT2D eigenvalue weighted by Gasteiger charge is 2.32. The number of hydrogen-bond acceptors (Lipinski definition) is 12. The van der Waals surface area contributed by atoms with Crippen LogP contribution in [-0.2, 0) is 28.8 Å². The molecule has 0 rings (SSSR count). The molecular formula is C30H61N19O7. The average Bonchev–Trinajstić information content (AvgIpc) is 3.11. The van der Waals surface area contributed by atoms with Gasteiger partial charge >= 0.3 is 0 Å². The molecule has 6 amide bonds. The maximum atomic E-state index is 13.9. The summed E-state index contributed by atoms with van der Waals surface area (Å²) in [6, 6.07) is -6.10. The number of likely N-dealkylation sites (N-methyl/N-ethyl adjacent to an activating group) is 1. The van der Waals surface area contributed by atoms with E-state index in [0.717, 1.165) is 0 Å². The largest absolute Gasteiger partial charge is 0.394 e. The number of nitrogens with two attached hydrogens (primary N) is 9. The molecule has 0 saturated heterocycles. The third kappa shape index (κ3) is 23.5. The highest BCUT2D eigenvalue weighted by Crippen LogP contribution is 2.08. The Labute approximate surface area is 324 Å². The maximum Gasteiger partial charge on any atom is 0.243 e. The van der Waals surface area contributed by atoms with Gasteiger partial charge in [0.15, 0.2) is 23.8 Å². The van der Waals surface area contributed by atoms with Gasteiger partial charge in [0, 0.05) is 26.2 Å². The van der Waals surface area contributed by atoms with Gasteiger partial charge in [0.2, 0.25) is 35.4 Å². The van der Waals surface area contributed by atoms with Crippen molar-refractivity contribution in [2.75, 3.05) is 46.4 Å². The van der Waals surface area contributed by atoms with Gasteiger partial charge in [-0.1, -0.05) is 0 Å². The van der Waals surface area contributed by atoms with E-state index in [0.29, 0.717) is 0 Å². The molecule has 318 valence electrons. The van der Waals surface area contributed by atoms with Crippen LogP contribution in [0.3, 0.4) is 0 Å². The number of aliphatic imine (C=N–C) groups is 4. The van der Waals surface area contributed by atoms with Crippen molar-refractivity contribution in [2.24, 2.45) is 71.6 Å². The molecule has 0 aromatic rings. The van der Waals surface area contributed by atoms with E-state index in [1.165, 1.54) is 7.05 Å². The summed E-state index contributed by atoms with van der Waals surface area (Å²) >= 11 is 0. The Morgan fingerprint density at radius 1 is 0.464 bits per heavy atom. The number of nitrogens with one attached hydrogen (secondary N) is 6. The summed E-state index contributed by atoms with van der Waals surface area (Å²) in [4.78, 5) is 94.0. The Kier molecular flexibility index (Phi) is 25.2. The van der Waals surface area contributed by atoms with E-state index in [-0.39, 0.29) is 101 Å².